The van der Waals surface area contributed by atoms with Gasteiger partial charge >= 0.3 is 0 Å². The van der Waals surface area contributed by atoms with E-state index in [0.29, 0.717) is 19.2 Å². The van der Waals surface area contributed by atoms with Crippen LogP contribution in [0.15, 0.2) is 36.4 Å². The number of ether oxygens (including phenoxy) is 3. The predicted octanol–water partition coefficient (Wildman–Crippen LogP) is 4.82. The monoisotopic (exact) mass is 371 g/mol. The molecule has 2 aliphatic rings. The number of fused-ring (bicyclic) bond motifs is 1. The Balaban J connectivity index is 1.62. The van der Waals surface area contributed by atoms with Crippen LogP contribution in [0.5, 0.6) is 11.5 Å². The molecule has 0 radical (unpaired) electrons. The largest absolute Gasteiger partial charge is 0.497 e. The quantitative estimate of drug-likeness (QED) is 0.771. The van der Waals surface area contributed by atoms with Crippen LogP contribution in [0.3, 0.4) is 0 Å². The molecule has 5 heteroatoms. The highest BCUT2D eigenvalue weighted by atomic mass is 19.1. The van der Waals surface area contributed by atoms with Gasteiger partial charge in [-0.05, 0) is 49.2 Å². The summed E-state index contributed by atoms with van der Waals surface area (Å²) in [5.41, 5.74) is 2.99. The minimum absolute atomic E-state index is 0.228. The van der Waals surface area contributed by atoms with E-state index in [0.717, 1.165) is 42.0 Å². The Labute approximate surface area is 159 Å². The third-order valence-corrected chi connectivity index (χ3v) is 5.49. The van der Waals surface area contributed by atoms with Gasteiger partial charge in [0.25, 0.3) is 0 Å². The van der Waals surface area contributed by atoms with E-state index in [1.165, 1.54) is 24.5 Å². The number of rotatable bonds is 4. The van der Waals surface area contributed by atoms with E-state index in [1.54, 1.807) is 13.2 Å². The van der Waals surface area contributed by atoms with Crippen molar-refractivity contribution in [1.82, 2.24) is 4.90 Å². The molecule has 1 atom stereocenters. The Morgan fingerprint density at radius 2 is 2.00 bits per heavy atom. The van der Waals surface area contributed by atoms with Crippen molar-refractivity contribution < 1.29 is 18.6 Å². The number of likely N-dealkylation sites (tertiary alicyclic amines) is 1. The molecule has 0 spiro atoms. The zero-order valence-electron chi connectivity index (χ0n) is 15.7. The van der Waals surface area contributed by atoms with Crippen LogP contribution in [0.1, 0.15) is 48.4 Å². The smallest absolute Gasteiger partial charge is 0.189 e. The fourth-order valence-electron chi connectivity index (χ4n) is 4.15. The lowest BCUT2D eigenvalue weighted by Gasteiger charge is -2.32. The fourth-order valence-corrected chi connectivity index (χ4v) is 4.15. The molecule has 2 heterocycles. The summed E-state index contributed by atoms with van der Waals surface area (Å²) in [5, 5.41) is 0. The molecule has 0 saturated carbocycles. The minimum Gasteiger partial charge on any atom is -0.497 e. The van der Waals surface area contributed by atoms with Gasteiger partial charge in [0, 0.05) is 23.7 Å². The first-order valence-corrected chi connectivity index (χ1v) is 9.64. The van der Waals surface area contributed by atoms with Crippen molar-refractivity contribution in [1.29, 1.82) is 0 Å². The van der Waals surface area contributed by atoms with Crippen molar-refractivity contribution in [2.45, 2.75) is 44.9 Å². The van der Waals surface area contributed by atoms with Crippen molar-refractivity contribution in [3.8, 4) is 11.5 Å². The summed E-state index contributed by atoms with van der Waals surface area (Å²) in [5.74, 6) is 1.43. The van der Waals surface area contributed by atoms with Crippen LogP contribution < -0.4 is 9.47 Å². The first-order chi connectivity index (χ1) is 13.2. The molecule has 0 bridgehead atoms. The number of halogens is 1. The highest BCUT2D eigenvalue weighted by Gasteiger charge is 2.25. The van der Waals surface area contributed by atoms with Gasteiger partial charge in [-0.3, -0.25) is 4.90 Å². The lowest BCUT2D eigenvalue weighted by molar-refractivity contribution is -0.0178. The van der Waals surface area contributed by atoms with Crippen molar-refractivity contribution in [2.75, 3.05) is 20.4 Å². The van der Waals surface area contributed by atoms with E-state index in [1.807, 2.05) is 12.1 Å². The molecule has 0 aliphatic carbocycles. The minimum atomic E-state index is -0.228. The molecule has 0 aromatic heterocycles. The maximum atomic E-state index is 14.1. The molecule has 1 unspecified atom stereocenters. The molecule has 0 N–H and O–H groups in total. The molecule has 2 aromatic carbocycles. The number of methoxy groups -OCH3 is 1. The molecule has 0 amide bonds. The van der Waals surface area contributed by atoms with Crippen LogP contribution in [0.2, 0.25) is 0 Å². The molecule has 2 aliphatic heterocycles. The second-order valence-electron chi connectivity index (χ2n) is 7.27. The highest BCUT2D eigenvalue weighted by Crippen LogP contribution is 2.36. The van der Waals surface area contributed by atoms with Gasteiger partial charge in [0.05, 0.1) is 13.7 Å². The second-order valence-corrected chi connectivity index (χ2v) is 7.27. The molecular formula is C22H26FNO3. The van der Waals surface area contributed by atoms with Gasteiger partial charge in [-0.25, -0.2) is 4.39 Å². The lowest BCUT2D eigenvalue weighted by atomic mass is 9.99. The van der Waals surface area contributed by atoms with E-state index in [2.05, 4.69) is 17.0 Å². The maximum Gasteiger partial charge on any atom is 0.189 e. The number of nitrogens with zero attached hydrogens (tertiary/aromatic N) is 1. The summed E-state index contributed by atoms with van der Waals surface area (Å²) in [7, 11) is 1.68. The third kappa shape index (κ3) is 4.09. The molecule has 1 saturated heterocycles. The van der Waals surface area contributed by atoms with Crippen LogP contribution >= 0.6 is 0 Å². The number of hydrogen-bond acceptors (Lipinski definition) is 4. The summed E-state index contributed by atoms with van der Waals surface area (Å²) in [6.45, 7) is 2.31. The Hall–Kier alpha value is -2.11. The SMILES string of the molecule is COc1ccc(C2CCCCCN2Cc2cc(F)cc3c2OCOC3)cc1. The highest BCUT2D eigenvalue weighted by molar-refractivity contribution is 5.42. The molecule has 27 heavy (non-hydrogen) atoms. The molecule has 1 fully saturated rings. The summed E-state index contributed by atoms with van der Waals surface area (Å²) in [6.07, 6.45) is 4.70. The van der Waals surface area contributed by atoms with Gasteiger partial charge in [-0.1, -0.05) is 25.0 Å². The normalized spacial score (nSPS) is 20.4. The molecule has 144 valence electrons. The first kappa shape index (κ1) is 18.3. The zero-order chi connectivity index (χ0) is 18.6. The van der Waals surface area contributed by atoms with Crippen LogP contribution in [0.25, 0.3) is 0 Å². The van der Waals surface area contributed by atoms with E-state index in [4.69, 9.17) is 14.2 Å². The maximum absolute atomic E-state index is 14.1. The van der Waals surface area contributed by atoms with Crippen molar-refractivity contribution in [3.63, 3.8) is 0 Å². The molecule has 2 aromatic rings. The van der Waals surface area contributed by atoms with Gasteiger partial charge < -0.3 is 14.2 Å². The Bertz CT molecular complexity index is 778. The third-order valence-electron chi connectivity index (χ3n) is 5.49. The van der Waals surface area contributed by atoms with Crippen LogP contribution in [-0.2, 0) is 17.9 Å². The van der Waals surface area contributed by atoms with E-state index < -0.39 is 0 Å². The topological polar surface area (TPSA) is 30.9 Å². The zero-order valence-corrected chi connectivity index (χ0v) is 15.7. The fraction of sp³-hybridized carbons (Fsp3) is 0.455. The molecule has 4 rings (SSSR count). The Morgan fingerprint density at radius 1 is 1.15 bits per heavy atom. The van der Waals surface area contributed by atoms with Crippen molar-refractivity contribution in [3.05, 3.63) is 58.9 Å². The number of benzene rings is 2. The number of hydrogen-bond donors (Lipinski definition) is 0. The van der Waals surface area contributed by atoms with Crippen LogP contribution in [0.4, 0.5) is 4.39 Å². The Morgan fingerprint density at radius 3 is 2.81 bits per heavy atom. The summed E-state index contributed by atoms with van der Waals surface area (Å²) in [6, 6.07) is 11.8. The summed E-state index contributed by atoms with van der Waals surface area (Å²) in [4.78, 5) is 2.46. The lowest BCUT2D eigenvalue weighted by Crippen LogP contribution is -2.29. The molecular weight excluding hydrogens is 345 g/mol. The van der Waals surface area contributed by atoms with E-state index in [9.17, 15) is 4.39 Å². The van der Waals surface area contributed by atoms with Gasteiger partial charge in [0.2, 0.25) is 0 Å². The summed E-state index contributed by atoms with van der Waals surface area (Å²) < 4.78 is 30.5. The Kier molecular flexibility index (Phi) is 5.60. The van der Waals surface area contributed by atoms with E-state index in [-0.39, 0.29) is 12.6 Å². The standard InChI is InChI=1S/C22H26FNO3/c1-25-20-8-6-16(7-9-20)21-5-3-2-4-10-24(21)13-17-11-19(23)12-18-14-26-15-27-22(17)18/h6-9,11-12,21H,2-5,10,13-15H2,1H3. The predicted molar refractivity (Wildman–Crippen MR) is 101 cm³/mol. The van der Waals surface area contributed by atoms with Crippen molar-refractivity contribution >= 4 is 0 Å². The average molecular weight is 371 g/mol. The van der Waals surface area contributed by atoms with Crippen molar-refractivity contribution in [2.24, 2.45) is 0 Å². The van der Waals surface area contributed by atoms with Crippen LogP contribution in [-0.4, -0.2) is 25.3 Å². The van der Waals surface area contributed by atoms with Gasteiger partial charge in [-0.15, -0.1) is 0 Å². The van der Waals surface area contributed by atoms with E-state index >= 15 is 0 Å². The average Bonchev–Trinajstić information content (AvgIpc) is 2.93. The van der Waals surface area contributed by atoms with Crippen LogP contribution in [0, 0.1) is 5.82 Å². The van der Waals surface area contributed by atoms with Gasteiger partial charge in [-0.2, -0.15) is 0 Å². The summed E-state index contributed by atoms with van der Waals surface area (Å²) >= 11 is 0. The molecule has 4 nitrogen and oxygen atoms in total. The first-order valence-electron chi connectivity index (χ1n) is 9.64. The van der Waals surface area contributed by atoms with Gasteiger partial charge in [0.1, 0.15) is 17.3 Å². The second kappa shape index (κ2) is 8.28. The van der Waals surface area contributed by atoms with Gasteiger partial charge in [0.15, 0.2) is 6.79 Å².